The minimum atomic E-state index is -0.807. The number of carboxylic acids is 1. The van der Waals surface area contributed by atoms with Crippen molar-refractivity contribution in [3.05, 3.63) is 30.3 Å². The summed E-state index contributed by atoms with van der Waals surface area (Å²) >= 11 is 0. The van der Waals surface area contributed by atoms with Crippen LogP contribution in [0, 0.1) is 18.3 Å². The van der Waals surface area contributed by atoms with Crippen molar-refractivity contribution in [2.75, 3.05) is 18.0 Å². The van der Waals surface area contributed by atoms with E-state index >= 15 is 0 Å². The average Bonchev–Trinajstić information content (AvgIpc) is 2.29. The first-order valence-corrected chi connectivity index (χ1v) is 5.11. The average molecular weight is 217 g/mol. The van der Waals surface area contributed by atoms with Gasteiger partial charge in [0.05, 0.1) is 12.5 Å². The number of benzene rings is 1. The van der Waals surface area contributed by atoms with E-state index in [9.17, 15) is 4.79 Å². The Morgan fingerprint density at radius 2 is 2.12 bits per heavy atom. The van der Waals surface area contributed by atoms with Crippen LogP contribution in [0.25, 0.3) is 0 Å². The van der Waals surface area contributed by atoms with Crippen LogP contribution in [-0.4, -0.2) is 24.2 Å². The topological polar surface area (TPSA) is 40.5 Å². The Kier molecular flexibility index (Phi) is 4.41. The van der Waals surface area contributed by atoms with E-state index in [4.69, 9.17) is 11.5 Å². The van der Waals surface area contributed by atoms with Crippen LogP contribution < -0.4 is 4.90 Å². The Morgan fingerprint density at radius 3 is 2.62 bits per heavy atom. The highest BCUT2D eigenvalue weighted by atomic mass is 16.4. The first kappa shape index (κ1) is 12.1. The molecule has 1 rings (SSSR count). The third-order valence-electron chi connectivity index (χ3n) is 2.32. The van der Waals surface area contributed by atoms with E-state index in [-0.39, 0.29) is 0 Å². The van der Waals surface area contributed by atoms with Crippen LogP contribution in [0.5, 0.6) is 0 Å². The van der Waals surface area contributed by atoms with Gasteiger partial charge >= 0.3 is 5.97 Å². The molecule has 0 saturated heterocycles. The number of para-hydroxylation sites is 1. The predicted octanol–water partition coefficient (Wildman–Crippen LogP) is 1.85. The fourth-order valence-corrected chi connectivity index (χ4v) is 1.42. The largest absolute Gasteiger partial charge is 0.481 e. The van der Waals surface area contributed by atoms with E-state index < -0.39 is 11.9 Å². The van der Waals surface area contributed by atoms with Crippen LogP contribution in [0.4, 0.5) is 5.69 Å². The zero-order chi connectivity index (χ0) is 12.0. The molecule has 16 heavy (non-hydrogen) atoms. The summed E-state index contributed by atoms with van der Waals surface area (Å²) in [6.07, 6.45) is 5.28. The van der Waals surface area contributed by atoms with Gasteiger partial charge in [0, 0.05) is 12.2 Å². The summed E-state index contributed by atoms with van der Waals surface area (Å²) in [5.41, 5.74) is 0.952. The molecule has 0 aliphatic heterocycles. The summed E-state index contributed by atoms with van der Waals surface area (Å²) in [6.45, 7) is 2.51. The number of terminal acetylenes is 1. The Hall–Kier alpha value is -1.95. The molecule has 0 bridgehead atoms. The summed E-state index contributed by atoms with van der Waals surface area (Å²) < 4.78 is 0. The molecule has 1 aromatic carbocycles. The third-order valence-corrected chi connectivity index (χ3v) is 2.32. The van der Waals surface area contributed by atoms with Gasteiger partial charge in [0.2, 0.25) is 0 Å². The summed E-state index contributed by atoms with van der Waals surface area (Å²) in [5, 5.41) is 8.87. The molecule has 3 nitrogen and oxygen atoms in total. The fourth-order valence-electron chi connectivity index (χ4n) is 1.42. The number of anilines is 1. The minimum absolute atomic E-state index is 0.418. The summed E-state index contributed by atoms with van der Waals surface area (Å²) in [6, 6.07) is 9.57. The molecule has 0 aromatic heterocycles. The van der Waals surface area contributed by atoms with Crippen LogP contribution in [0.2, 0.25) is 0 Å². The summed E-state index contributed by atoms with van der Waals surface area (Å²) in [4.78, 5) is 12.7. The number of carbonyl (C=O) groups is 1. The smallest absolute Gasteiger partial charge is 0.308 e. The molecule has 1 N–H and O–H groups in total. The molecular weight excluding hydrogens is 202 g/mol. The molecule has 0 radical (unpaired) electrons. The van der Waals surface area contributed by atoms with Crippen LogP contribution in [0.15, 0.2) is 30.3 Å². The number of hydrogen-bond acceptors (Lipinski definition) is 2. The SMILES string of the molecule is C#CCN(CC(C)C(=O)O)c1ccccc1. The Bertz CT molecular complexity index is 381. The second-order valence-electron chi connectivity index (χ2n) is 3.66. The maximum absolute atomic E-state index is 10.8. The highest BCUT2D eigenvalue weighted by molar-refractivity contribution is 5.70. The molecule has 0 amide bonds. The molecule has 0 spiro atoms. The summed E-state index contributed by atoms with van der Waals surface area (Å²) in [7, 11) is 0. The molecule has 1 unspecified atom stereocenters. The molecule has 0 fully saturated rings. The molecule has 0 heterocycles. The number of carboxylic acid groups (broad SMARTS) is 1. The van der Waals surface area contributed by atoms with Gasteiger partial charge in [0.15, 0.2) is 0 Å². The van der Waals surface area contributed by atoms with E-state index in [1.165, 1.54) is 0 Å². The van der Waals surface area contributed by atoms with Gasteiger partial charge in [-0.05, 0) is 12.1 Å². The second-order valence-corrected chi connectivity index (χ2v) is 3.66. The highest BCUT2D eigenvalue weighted by Gasteiger charge is 2.15. The lowest BCUT2D eigenvalue weighted by atomic mass is 10.1. The van der Waals surface area contributed by atoms with Crippen LogP contribution in [0.1, 0.15) is 6.92 Å². The normalized spacial score (nSPS) is 11.5. The van der Waals surface area contributed by atoms with Crippen molar-refractivity contribution in [3.8, 4) is 12.3 Å². The Balaban J connectivity index is 2.77. The quantitative estimate of drug-likeness (QED) is 0.765. The lowest BCUT2D eigenvalue weighted by Crippen LogP contribution is -2.32. The lowest BCUT2D eigenvalue weighted by molar-refractivity contribution is -0.140. The maximum atomic E-state index is 10.8. The molecule has 0 aliphatic rings. The third kappa shape index (κ3) is 3.32. The zero-order valence-corrected chi connectivity index (χ0v) is 9.26. The zero-order valence-electron chi connectivity index (χ0n) is 9.26. The lowest BCUT2D eigenvalue weighted by Gasteiger charge is -2.24. The van der Waals surface area contributed by atoms with Gasteiger partial charge in [-0.2, -0.15) is 0 Å². The van der Waals surface area contributed by atoms with Gasteiger partial charge < -0.3 is 10.0 Å². The van der Waals surface area contributed by atoms with Crippen LogP contribution >= 0.6 is 0 Å². The van der Waals surface area contributed by atoms with Crippen molar-refractivity contribution in [2.45, 2.75) is 6.92 Å². The monoisotopic (exact) mass is 217 g/mol. The molecular formula is C13H15NO2. The van der Waals surface area contributed by atoms with Crippen molar-refractivity contribution in [1.29, 1.82) is 0 Å². The highest BCUT2D eigenvalue weighted by Crippen LogP contribution is 2.14. The molecule has 3 heteroatoms. The van der Waals surface area contributed by atoms with Gasteiger partial charge in [-0.1, -0.05) is 31.0 Å². The van der Waals surface area contributed by atoms with Crippen LogP contribution in [0.3, 0.4) is 0 Å². The van der Waals surface area contributed by atoms with Gasteiger partial charge in [0.25, 0.3) is 0 Å². The van der Waals surface area contributed by atoms with Crippen molar-refractivity contribution in [3.63, 3.8) is 0 Å². The second kappa shape index (κ2) is 5.82. The molecule has 84 valence electrons. The van der Waals surface area contributed by atoms with Crippen LogP contribution in [-0.2, 0) is 4.79 Å². The first-order valence-electron chi connectivity index (χ1n) is 5.11. The van der Waals surface area contributed by atoms with E-state index in [0.29, 0.717) is 13.1 Å². The van der Waals surface area contributed by atoms with E-state index in [1.807, 2.05) is 35.2 Å². The standard InChI is InChI=1S/C13H15NO2/c1-3-9-14(10-11(2)13(15)16)12-7-5-4-6-8-12/h1,4-8,11H,9-10H2,2H3,(H,15,16). The van der Waals surface area contributed by atoms with Crippen molar-refractivity contribution < 1.29 is 9.90 Å². The number of nitrogens with zero attached hydrogens (tertiary/aromatic N) is 1. The van der Waals surface area contributed by atoms with Crippen molar-refractivity contribution in [2.24, 2.45) is 5.92 Å². The molecule has 1 atom stereocenters. The Morgan fingerprint density at radius 1 is 1.50 bits per heavy atom. The van der Waals surface area contributed by atoms with E-state index in [0.717, 1.165) is 5.69 Å². The number of hydrogen-bond donors (Lipinski definition) is 1. The predicted molar refractivity (Wildman–Crippen MR) is 64.3 cm³/mol. The van der Waals surface area contributed by atoms with Crippen molar-refractivity contribution >= 4 is 11.7 Å². The van der Waals surface area contributed by atoms with Gasteiger partial charge in [-0.15, -0.1) is 6.42 Å². The minimum Gasteiger partial charge on any atom is -0.481 e. The maximum Gasteiger partial charge on any atom is 0.308 e. The fraction of sp³-hybridized carbons (Fsp3) is 0.308. The van der Waals surface area contributed by atoms with Gasteiger partial charge in [-0.3, -0.25) is 4.79 Å². The number of aliphatic carboxylic acids is 1. The molecule has 0 aliphatic carbocycles. The number of rotatable bonds is 5. The molecule has 1 aromatic rings. The van der Waals surface area contributed by atoms with Gasteiger partial charge in [-0.25, -0.2) is 0 Å². The Labute approximate surface area is 95.7 Å². The molecule has 0 saturated carbocycles. The van der Waals surface area contributed by atoms with Gasteiger partial charge in [0.1, 0.15) is 0 Å². The van der Waals surface area contributed by atoms with E-state index in [2.05, 4.69) is 5.92 Å². The summed E-state index contributed by atoms with van der Waals surface area (Å²) in [5.74, 6) is 1.30. The first-order chi connectivity index (χ1) is 7.65. The van der Waals surface area contributed by atoms with Crippen molar-refractivity contribution in [1.82, 2.24) is 0 Å². The van der Waals surface area contributed by atoms with E-state index in [1.54, 1.807) is 6.92 Å².